The Hall–Kier alpha value is -3.34. The van der Waals surface area contributed by atoms with Gasteiger partial charge in [0.05, 0.1) is 24.0 Å². The molecule has 10 nitrogen and oxygen atoms in total. The number of esters is 1. The molecule has 0 saturated carbocycles. The van der Waals surface area contributed by atoms with Crippen LogP contribution in [-0.2, 0) is 10.5 Å². The lowest BCUT2D eigenvalue weighted by Crippen LogP contribution is -2.07. The van der Waals surface area contributed by atoms with Crippen molar-refractivity contribution in [3.05, 3.63) is 35.5 Å². The standard InChI is InChI=1S/C17H15N5O5S/c1-3-24-16(23)11-8(2)26-15-12(11)13(18)19-10(20-15)7-28-17-22-21-14(27-17)9-5-4-6-25-9/h4-6H,3,7H2,1-2H3,(H2,18,19,20). The van der Waals surface area contributed by atoms with Crippen molar-refractivity contribution in [1.82, 2.24) is 20.2 Å². The number of nitrogens with zero attached hydrogens (tertiary/aromatic N) is 4. The minimum atomic E-state index is -0.521. The average molecular weight is 401 g/mol. The van der Waals surface area contributed by atoms with Crippen LogP contribution in [0.4, 0.5) is 5.82 Å². The van der Waals surface area contributed by atoms with Crippen molar-refractivity contribution in [3.8, 4) is 11.7 Å². The minimum absolute atomic E-state index is 0.141. The molecule has 4 aromatic heterocycles. The van der Waals surface area contributed by atoms with Crippen LogP contribution in [0, 0.1) is 6.92 Å². The summed E-state index contributed by atoms with van der Waals surface area (Å²) in [7, 11) is 0. The number of carbonyl (C=O) groups is 1. The fourth-order valence-electron chi connectivity index (χ4n) is 2.59. The number of fused-ring (bicyclic) bond motifs is 1. The zero-order valence-electron chi connectivity index (χ0n) is 15.0. The van der Waals surface area contributed by atoms with Gasteiger partial charge < -0.3 is 23.7 Å². The van der Waals surface area contributed by atoms with E-state index in [1.54, 1.807) is 26.0 Å². The molecule has 4 heterocycles. The SMILES string of the molecule is CCOC(=O)c1c(C)oc2nc(CSc3nnc(-c4ccco4)o3)nc(N)c12. The molecule has 28 heavy (non-hydrogen) atoms. The van der Waals surface area contributed by atoms with E-state index in [0.29, 0.717) is 33.7 Å². The first-order valence-electron chi connectivity index (χ1n) is 8.29. The summed E-state index contributed by atoms with van der Waals surface area (Å²) >= 11 is 1.24. The summed E-state index contributed by atoms with van der Waals surface area (Å²) in [5.74, 6) is 1.47. The lowest BCUT2D eigenvalue weighted by molar-refractivity contribution is 0.0526. The monoisotopic (exact) mass is 401 g/mol. The maximum absolute atomic E-state index is 12.2. The van der Waals surface area contributed by atoms with Gasteiger partial charge >= 0.3 is 5.97 Å². The van der Waals surface area contributed by atoms with E-state index < -0.39 is 5.97 Å². The molecule has 11 heteroatoms. The lowest BCUT2D eigenvalue weighted by Gasteiger charge is -2.03. The summed E-state index contributed by atoms with van der Waals surface area (Å²) in [5, 5.41) is 8.55. The van der Waals surface area contributed by atoms with Crippen LogP contribution in [0.3, 0.4) is 0 Å². The van der Waals surface area contributed by atoms with Crippen molar-refractivity contribution in [2.75, 3.05) is 12.3 Å². The molecule has 144 valence electrons. The van der Waals surface area contributed by atoms with Crippen LogP contribution in [-0.4, -0.2) is 32.7 Å². The predicted molar refractivity (Wildman–Crippen MR) is 98.5 cm³/mol. The number of carbonyl (C=O) groups excluding carboxylic acids is 1. The van der Waals surface area contributed by atoms with Crippen molar-refractivity contribution in [2.24, 2.45) is 0 Å². The Morgan fingerprint density at radius 3 is 2.89 bits per heavy atom. The number of aromatic nitrogens is 4. The van der Waals surface area contributed by atoms with Crippen LogP contribution in [0.1, 0.15) is 28.9 Å². The fraction of sp³-hybridized carbons (Fsp3) is 0.235. The highest BCUT2D eigenvalue weighted by Crippen LogP contribution is 2.30. The van der Waals surface area contributed by atoms with E-state index in [9.17, 15) is 4.79 Å². The highest BCUT2D eigenvalue weighted by Gasteiger charge is 2.24. The summed E-state index contributed by atoms with van der Waals surface area (Å²) in [6, 6.07) is 3.45. The molecule has 0 amide bonds. The quantitative estimate of drug-likeness (QED) is 0.375. The summed E-state index contributed by atoms with van der Waals surface area (Å²) in [6.45, 7) is 3.61. The molecule has 2 N–H and O–H groups in total. The van der Waals surface area contributed by atoms with E-state index in [1.807, 2.05) is 0 Å². The average Bonchev–Trinajstić information content (AvgIpc) is 3.39. The van der Waals surface area contributed by atoms with Gasteiger partial charge in [-0.1, -0.05) is 11.8 Å². The lowest BCUT2D eigenvalue weighted by atomic mass is 10.2. The predicted octanol–water partition coefficient (Wildman–Crippen LogP) is 3.23. The smallest absolute Gasteiger partial charge is 0.342 e. The number of hydrogen-bond donors (Lipinski definition) is 1. The van der Waals surface area contributed by atoms with Gasteiger partial charge in [-0.15, -0.1) is 10.2 Å². The van der Waals surface area contributed by atoms with Crippen molar-refractivity contribution in [2.45, 2.75) is 24.8 Å². The molecule has 0 aliphatic carbocycles. The molecule has 0 atom stereocenters. The largest absolute Gasteiger partial charge is 0.462 e. The first-order valence-corrected chi connectivity index (χ1v) is 9.28. The molecule has 0 bridgehead atoms. The van der Waals surface area contributed by atoms with Gasteiger partial charge in [0.2, 0.25) is 5.71 Å². The number of anilines is 1. The summed E-state index contributed by atoms with van der Waals surface area (Å²) in [5.41, 5.74) is 6.52. The number of aryl methyl sites for hydroxylation is 1. The third-order valence-electron chi connectivity index (χ3n) is 3.74. The number of nitrogen functional groups attached to an aromatic ring is 1. The summed E-state index contributed by atoms with van der Waals surface area (Å²) in [4.78, 5) is 20.8. The second-order valence-corrected chi connectivity index (χ2v) is 6.52. The van der Waals surface area contributed by atoms with Crippen LogP contribution in [0.2, 0.25) is 0 Å². The van der Waals surface area contributed by atoms with Gasteiger partial charge in [0.1, 0.15) is 23.0 Å². The molecule has 4 aromatic rings. The number of rotatable bonds is 6. The van der Waals surface area contributed by atoms with E-state index in [0.717, 1.165) is 0 Å². The molecule has 0 saturated heterocycles. The van der Waals surface area contributed by atoms with Gasteiger partial charge in [0, 0.05) is 0 Å². The van der Waals surface area contributed by atoms with Gasteiger partial charge in [0.15, 0.2) is 5.76 Å². The first kappa shape index (κ1) is 18.0. The van der Waals surface area contributed by atoms with E-state index in [1.165, 1.54) is 18.0 Å². The maximum atomic E-state index is 12.2. The molecule has 0 aliphatic rings. The van der Waals surface area contributed by atoms with Crippen LogP contribution < -0.4 is 5.73 Å². The third kappa shape index (κ3) is 3.31. The fourth-order valence-corrected chi connectivity index (χ4v) is 3.21. The molecular weight excluding hydrogens is 386 g/mol. The zero-order chi connectivity index (χ0) is 19.7. The Morgan fingerprint density at radius 2 is 2.14 bits per heavy atom. The Labute approximate surface area is 162 Å². The van der Waals surface area contributed by atoms with Crippen molar-refractivity contribution in [1.29, 1.82) is 0 Å². The molecule has 0 unspecified atom stereocenters. The zero-order valence-corrected chi connectivity index (χ0v) is 15.8. The van der Waals surface area contributed by atoms with Gasteiger partial charge in [-0.3, -0.25) is 0 Å². The van der Waals surface area contributed by atoms with Crippen molar-refractivity contribution < 1.29 is 22.8 Å². The van der Waals surface area contributed by atoms with Crippen LogP contribution in [0.5, 0.6) is 0 Å². The Morgan fingerprint density at radius 1 is 1.29 bits per heavy atom. The normalized spacial score (nSPS) is 11.2. The number of nitrogens with two attached hydrogens (primary N) is 1. The van der Waals surface area contributed by atoms with E-state index in [-0.39, 0.29) is 29.6 Å². The molecule has 0 radical (unpaired) electrons. The van der Waals surface area contributed by atoms with E-state index in [4.69, 9.17) is 23.7 Å². The van der Waals surface area contributed by atoms with Gasteiger partial charge in [-0.2, -0.15) is 4.98 Å². The molecule has 4 rings (SSSR count). The van der Waals surface area contributed by atoms with E-state index >= 15 is 0 Å². The first-order chi connectivity index (χ1) is 13.6. The second-order valence-electron chi connectivity index (χ2n) is 5.60. The highest BCUT2D eigenvalue weighted by molar-refractivity contribution is 7.98. The Balaban J connectivity index is 1.56. The summed E-state index contributed by atoms with van der Waals surface area (Å²) in [6.07, 6.45) is 1.52. The number of hydrogen-bond acceptors (Lipinski definition) is 11. The molecule has 0 fully saturated rings. The Bertz CT molecular complexity index is 1130. The maximum Gasteiger partial charge on any atom is 0.342 e. The van der Waals surface area contributed by atoms with Crippen LogP contribution >= 0.6 is 11.8 Å². The molecular formula is C17H15N5O5S. The summed E-state index contributed by atoms with van der Waals surface area (Å²) < 4.78 is 21.4. The molecule has 0 aromatic carbocycles. The molecule has 0 aliphatic heterocycles. The van der Waals surface area contributed by atoms with E-state index in [2.05, 4.69) is 20.2 Å². The number of furan rings is 2. The second kappa shape index (κ2) is 7.35. The Kier molecular flexibility index (Phi) is 4.74. The highest BCUT2D eigenvalue weighted by atomic mass is 32.2. The molecule has 0 spiro atoms. The van der Waals surface area contributed by atoms with Crippen molar-refractivity contribution in [3.63, 3.8) is 0 Å². The number of thioether (sulfide) groups is 1. The van der Waals surface area contributed by atoms with Crippen molar-refractivity contribution >= 4 is 34.6 Å². The minimum Gasteiger partial charge on any atom is -0.462 e. The van der Waals surface area contributed by atoms with Crippen LogP contribution in [0.15, 0.2) is 36.9 Å². The van der Waals surface area contributed by atoms with Gasteiger partial charge in [-0.25, -0.2) is 9.78 Å². The third-order valence-corrected chi connectivity index (χ3v) is 4.56. The van der Waals surface area contributed by atoms with Gasteiger partial charge in [-0.05, 0) is 26.0 Å². The topological polar surface area (TPSA) is 143 Å². The van der Waals surface area contributed by atoms with Crippen LogP contribution in [0.25, 0.3) is 22.8 Å². The van der Waals surface area contributed by atoms with Gasteiger partial charge in [0.25, 0.3) is 11.1 Å². The number of ether oxygens (including phenoxy) is 1.